The van der Waals surface area contributed by atoms with Gasteiger partial charge in [-0.05, 0) is 76.0 Å². The highest BCUT2D eigenvalue weighted by atomic mass is 16.7. The molecule has 79 heavy (non-hydrogen) atoms. The second-order valence-electron chi connectivity index (χ2n) is 23.4. The van der Waals surface area contributed by atoms with E-state index in [-0.39, 0.29) is 56.8 Å². The Morgan fingerprint density at radius 1 is 0.696 bits per heavy atom. The van der Waals surface area contributed by atoms with Crippen molar-refractivity contribution in [2.24, 2.45) is 58.1 Å². The molecule has 4 rings (SSSR count). The smallest absolute Gasteiger partial charge is 0.317 e. The molecule has 3 fully saturated rings. The number of guanidine groups is 1. The number of esters is 3. The Morgan fingerprint density at radius 2 is 1.34 bits per heavy atom. The van der Waals surface area contributed by atoms with Crippen LogP contribution < -0.4 is 11.1 Å². The standard InChI is InChI=1S/C59H101N3O17/c1-34(18-14-12-10-11-13-17-25-62-58(60)61-9)26-38(5)55-37(4)19-15-16-20-45(64)39(6)49(68)28-42(63)27-43-29-44-30-51(70)56(77-54(73)32-53(72)76-43)59(75,79-44)33-52(71)36(3)22-23-46(65)40(7)50(69)31-48(67)35(2)21-24-47(66)41(8)57(74)78-55/h10-11,15-16,19-21,24,34-52,55-56,63-71,75H,12-14,17-18,22-23,25-33H2,1-9H3,(H3,60,61,62)/b11-10+,19-15-,20-16-,24-21-/t34-,35-,36-,37-,38-,39-,40+,41-,42-,43+,44+,45+,46-,47-,48+,49+,50+,51+,52+,55-,56-,59+/m1/s1. The van der Waals surface area contributed by atoms with Crippen LogP contribution >= 0.6 is 0 Å². The van der Waals surface area contributed by atoms with E-state index in [1.165, 1.54) is 12.2 Å². The van der Waals surface area contributed by atoms with Gasteiger partial charge in [0.2, 0.25) is 5.79 Å². The van der Waals surface area contributed by atoms with Gasteiger partial charge in [0, 0.05) is 69.4 Å². The van der Waals surface area contributed by atoms with Gasteiger partial charge in [0.05, 0.1) is 67.0 Å². The van der Waals surface area contributed by atoms with Gasteiger partial charge >= 0.3 is 17.9 Å². The van der Waals surface area contributed by atoms with Crippen molar-refractivity contribution >= 4 is 23.9 Å². The first-order valence-corrected chi connectivity index (χ1v) is 28.9. The fourth-order valence-electron chi connectivity index (χ4n) is 10.7. The minimum Gasteiger partial charge on any atom is -0.462 e. The number of nitrogens with one attached hydrogen (secondary N) is 1. The second kappa shape index (κ2) is 34.6. The van der Waals surface area contributed by atoms with E-state index < -0.39 is 145 Å². The summed E-state index contributed by atoms with van der Waals surface area (Å²) in [5, 5.41) is 116. The van der Waals surface area contributed by atoms with Crippen molar-refractivity contribution in [1.82, 2.24) is 5.32 Å². The highest BCUT2D eigenvalue weighted by Crippen LogP contribution is 2.39. The fourth-order valence-corrected chi connectivity index (χ4v) is 10.7. The summed E-state index contributed by atoms with van der Waals surface area (Å²) in [7, 11) is 1.64. The zero-order valence-electron chi connectivity index (χ0n) is 48.4. The van der Waals surface area contributed by atoms with Crippen LogP contribution in [0, 0.1) is 47.3 Å². The highest BCUT2D eigenvalue weighted by molar-refractivity contribution is 5.91. The summed E-state index contributed by atoms with van der Waals surface area (Å²) in [4.78, 5) is 43.7. The number of carbonyl (C=O) groups is 3. The largest absolute Gasteiger partial charge is 0.462 e. The third kappa shape index (κ3) is 23.9. The zero-order valence-corrected chi connectivity index (χ0v) is 48.4. The molecule has 0 aromatic rings. The molecule has 0 aromatic carbocycles. The van der Waals surface area contributed by atoms with E-state index in [9.17, 15) is 65.4 Å². The normalized spacial score (nSPS) is 40.3. The Balaban J connectivity index is 1.88. The summed E-state index contributed by atoms with van der Waals surface area (Å²) in [6.07, 6.45) is 1.73. The van der Waals surface area contributed by atoms with E-state index in [0.717, 1.165) is 45.1 Å². The van der Waals surface area contributed by atoms with Crippen molar-refractivity contribution in [3.8, 4) is 0 Å². The van der Waals surface area contributed by atoms with Crippen molar-refractivity contribution in [3.05, 3.63) is 48.6 Å². The lowest BCUT2D eigenvalue weighted by molar-refractivity contribution is -0.335. The first-order chi connectivity index (χ1) is 37.1. The van der Waals surface area contributed by atoms with Gasteiger partial charge in [0.15, 0.2) is 12.1 Å². The highest BCUT2D eigenvalue weighted by Gasteiger charge is 2.53. The van der Waals surface area contributed by atoms with E-state index in [0.29, 0.717) is 11.9 Å². The number of aliphatic imine (C=N–C) groups is 1. The molecule has 4 aliphatic rings. The number of aliphatic hydroxyl groups excluding tert-OH is 9. The molecule has 0 radical (unpaired) electrons. The van der Waals surface area contributed by atoms with E-state index in [1.807, 2.05) is 19.9 Å². The molecule has 0 spiro atoms. The van der Waals surface area contributed by atoms with E-state index in [2.05, 4.69) is 29.4 Å². The maximum atomic E-state index is 13.8. The monoisotopic (exact) mass is 1120 g/mol. The van der Waals surface area contributed by atoms with Crippen LogP contribution in [0.3, 0.4) is 0 Å². The quantitative estimate of drug-likeness (QED) is 0.0266. The summed E-state index contributed by atoms with van der Waals surface area (Å²) in [5.41, 5.74) is 5.69. The van der Waals surface area contributed by atoms with Crippen LogP contribution in [0.2, 0.25) is 0 Å². The molecular weight excluding hydrogens is 1020 g/mol. The van der Waals surface area contributed by atoms with E-state index in [1.54, 1.807) is 59.9 Å². The number of rotatable bonds is 11. The minimum atomic E-state index is -2.44. The summed E-state index contributed by atoms with van der Waals surface area (Å²) in [6.45, 7) is 15.0. The molecule has 13 N–H and O–H groups in total. The first kappa shape index (κ1) is 69.5. The number of unbranched alkanes of at least 4 members (excludes halogenated alkanes) is 2. The van der Waals surface area contributed by atoms with Crippen LogP contribution in [0.15, 0.2) is 53.6 Å². The lowest BCUT2D eigenvalue weighted by Crippen LogP contribution is -2.61. The van der Waals surface area contributed by atoms with Crippen LogP contribution in [0.5, 0.6) is 0 Å². The predicted octanol–water partition coefficient (Wildman–Crippen LogP) is 3.78. The summed E-state index contributed by atoms with van der Waals surface area (Å²) in [5.74, 6) is -8.61. The topological polar surface area (TPSA) is 341 Å². The number of nitrogens with zero attached hydrogens (tertiary/aromatic N) is 1. The van der Waals surface area contributed by atoms with Gasteiger partial charge in [0.1, 0.15) is 18.6 Å². The number of ether oxygens (including phenoxy) is 4. The molecule has 4 heterocycles. The average Bonchev–Trinajstić information content (AvgIpc) is 3.42. The number of hydrogen-bond acceptors (Lipinski definition) is 18. The number of cyclic esters (lactones) is 1. The second-order valence-corrected chi connectivity index (χ2v) is 23.4. The molecule has 3 saturated heterocycles. The third-order valence-corrected chi connectivity index (χ3v) is 16.4. The van der Waals surface area contributed by atoms with E-state index in [4.69, 9.17) is 24.7 Å². The Kier molecular flexibility index (Phi) is 30.4. The van der Waals surface area contributed by atoms with Crippen LogP contribution in [0.25, 0.3) is 0 Å². The molecule has 4 aliphatic heterocycles. The maximum absolute atomic E-state index is 13.8. The summed E-state index contributed by atoms with van der Waals surface area (Å²) in [6, 6.07) is 0. The molecule has 0 aromatic heterocycles. The molecule has 20 nitrogen and oxygen atoms in total. The van der Waals surface area contributed by atoms with Gasteiger partial charge < -0.3 is 81.1 Å². The van der Waals surface area contributed by atoms with Gasteiger partial charge in [-0.15, -0.1) is 0 Å². The first-order valence-electron chi connectivity index (χ1n) is 28.9. The number of allylic oxidation sites excluding steroid dienone is 4. The third-order valence-electron chi connectivity index (χ3n) is 16.4. The zero-order chi connectivity index (χ0) is 59.1. The Hall–Kier alpha value is -3.80. The van der Waals surface area contributed by atoms with Gasteiger partial charge in [-0.3, -0.25) is 19.4 Å². The number of hydrogen-bond donors (Lipinski definition) is 12. The van der Waals surface area contributed by atoms with Crippen molar-refractivity contribution in [2.75, 3.05) is 13.6 Å². The van der Waals surface area contributed by atoms with Crippen molar-refractivity contribution in [1.29, 1.82) is 0 Å². The van der Waals surface area contributed by atoms with Gasteiger partial charge in [-0.25, -0.2) is 0 Å². The number of fused-ring (bicyclic) bond motifs is 5. The van der Waals surface area contributed by atoms with Crippen LogP contribution in [0.1, 0.15) is 152 Å². The number of carbonyl (C=O) groups excluding carboxylic acids is 3. The van der Waals surface area contributed by atoms with Crippen molar-refractivity contribution in [3.63, 3.8) is 0 Å². The summed E-state index contributed by atoms with van der Waals surface area (Å²) < 4.78 is 23.3. The van der Waals surface area contributed by atoms with Crippen LogP contribution in [0.4, 0.5) is 0 Å². The predicted molar refractivity (Wildman–Crippen MR) is 298 cm³/mol. The fraction of sp³-hybridized carbons (Fsp3) is 0.797. The number of nitrogens with two attached hydrogens (primary N) is 1. The molecule has 454 valence electrons. The summed E-state index contributed by atoms with van der Waals surface area (Å²) >= 11 is 0. The molecule has 0 amide bonds. The maximum Gasteiger partial charge on any atom is 0.317 e. The van der Waals surface area contributed by atoms with Crippen LogP contribution in [-0.4, -0.2) is 174 Å². The Morgan fingerprint density at radius 3 is 2.03 bits per heavy atom. The minimum absolute atomic E-state index is 0.0931. The van der Waals surface area contributed by atoms with Crippen molar-refractivity contribution in [2.45, 2.75) is 237 Å². The molecule has 20 heteroatoms. The molecule has 0 aliphatic carbocycles. The van der Waals surface area contributed by atoms with Gasteiger partial charge in [-0.1, -0.05) is 103 Å². The average molecular weight is 1120 g/mol. The molecule has 0 unspecified atom stereocenters. The van der Waals surface area contributed by atoms with Crippen LogP contribution in [-0.2, 0) is 33.3 Å². The van der Waals surface area contributed by atoms with Gasteiger partial charge in [-0.2, -0.15) is 0 Å². The molecule has 4 bridgehead atoms. The molecular formula is C59H101N3O17. The van der Waals surface area contributed by atoms with Crippen molar-refractivity contribution < 1.29 is 84.4 Å². The Labute approximate surface area is 469 Å². The SMILES string of the molecule is CN=C(N)NCCC/C=C/CCC[C@@H](C)C[C@@H](C)[C@@H]1OC(=O)[C@H](C)[C@H](O)/C=C\[C@@H](C)[C@@H](O)C[C@H](O)[C@@H](C)[C@H](O)CC[C@@H](C)[C@@H](O)C[C@]2(O)O[C@H]3C[C@H](C[C@@H](O)C[C@H](O)[C@H](C)[C@@H](O)/C=C\C=C/[C@H]1C)OC(=O)CC(=O)O[C@@H]2[C@@H](O)C3. The lowest BCUT2D eigenvalue weighted by atomic mass is 9.83. The van der Waals surface area contributed by atoms with Gasteiger partial charge in [0.25, 0.3) is 0 Å². The number of aliphatic hydroxyl groups is 10. The molecule has 0 saturated carbocycles. The van der Waals surface area contributed by atoms with E-state index >= 15 is 0 Å². The Bertz CT molecular complexity index is 1970. The molecule has 22 atom stereocenters. The lowest BCUT2D eigenvalue weighted by Gasteiger charge is -2.46.